The van der Waals surface area contributed by atoms with E-state index < -0.39 is 0 Å². The summed E-state index contributed by atoms with van der Waals surface area (Å²) in [5, 5.41) is 6.91. The average molecular weight is 335 g/mol. The molecule has 1 heterocycles. The third kappa shape index (κ3) is 2.38. The second-order valence-corrected chi connectivity index (χ2v) is 6.00. The van der Waals surface area contributed by atoms with Gasteiger partial charge in [-0.2, -0.15) is 0 Å². The van der Waals surface area contributed by atoms with Crippen molar-refractivity contribution < 1.29 is 9.32 Å². The summed E-state index contributed by atoms with van der Waals surface area (Å²) < 4.78 is 6.26. The summed E-state index contributed by atoms with van der Waals surface area (Å²) in [6.45, 7) is 3.76. The predicted molar refractivity (Wildman–Crippen MR) is 80.0 cm³/mol. The van der Waals surface area contributed by atoms with E-state index in [1.165, 1.54) is 0 Å². The Hall–Kier alpha value is -1.62. The van der Waals surface area contributed by atoms with Gasteiger partial charge < -0.3 is 9.84 Å². The maximum Gasteiger partial charge on any atom is 0.256 e. The highest BCUT2D eigenvalue weighted by molar-refractivity contribution is 9.10. The number of rotatable bonds is 3. The summed E-state index contributed by atoms with van der Waals surface area (Å²) in [5.41, 5.74) is 3.04. The SMILES string of the molecule is Cc1noc(C2CC2)c1NC(=O)c1cccc(Br)c1C. The Balaban J connectivity index is 1.89. The summed E-state index contributed by atoms with van der Waals surface area (Å²) in [7, 11) is 0. The Bertz CT molecular complexity index is 675. The Labute approximate surface area is 125 Å². The van der Waals surface area contributed by atoms with Gasteiger partial charge in [0.05, 0.1) is 0 Å². The number of carbonyl (C=O) groups is 1. The minimum Gasteiger partial charge on any atom is -0.359 e. The first-order chi connectivity index (χ1) is 9.58. The number of hydrogen-bond donors (Lipinski definition) is 1. The topological polar surface area (TPSA) is 55.1 Å². The van der Waals surface area contributed by atoms with Gasteiger partial charge in [0.1, 0.15) is 11.4 Å². The zero-order valence-corrected chi connectivity index (χ0v) is 13.0. The summed E-state index contributed by atoms with van der Waals surface area (Å²) in [5.74, 6) is 1.09. The Morgan fingerprint density at radius 3 is 2.85 bits per heavy atom. The van der Waals surface area contributed by atoms with Crippen LogP contribution in [0.3, 0.4) is 0 Å². The maximum atomic E-state index is 12.4. The molecule has 1 aliphatic rings. The first kappa shape index (κ1) is 13.4. The number of anilines is 1. The number of amides is 1. The molecular weight excluding hydrogens is 320 g/mol. The van der Waals surface area contributed by atoms with Crippen LogP contribution in [0.15, 0.2) is 27.2 Å². The fraction of sp³-hybridized carbons (Fsp3) is 0.333. The van der Waals surface area contributed by atoms with Gasteiger partial charge in [0.25, 0.3) is 5.91 Å². The average Bonchev–Trinajstić information content (AvgIpc) is 3.20. The molecule has 0 spiro atoms. The highest BCUT2D eigenvalue weighted by Gasteiger charge is 2.32. The molecule has 20 heavy (non-hydrogen) atoms. The van der Waals surface area contributed by atoms with Crippen molar-refractivity contribution >= 4 is 27.5 Å². The van der Waals surface area contributed by atoms with Crippen LogP contribution in [0.1, 0.15) is 46.1 Å². The van der Waals surface area contributed by atoms with E-state index >= 15 is 0 Å². The second-order valence-electron chi connectivity index (χ2n) is 5.15. The maximum absolute atomic E-state index is 12.4. The largest absolute Gasteiger partial charge is 0.359 e. The molecule has 1 fully saturated rings. The molecule has 0 unspecified atom stereocenters. The molecule has 1 aromatic carbocycles. The molecule has 0 saturated heterocycles. The number of aryl methyl sites for hydroxylation is 1. The van der Waals surface area contributed by atoms with Crippen LogP contribution < -0.4 is 5.32 Å². The first-order valence-electron chi connectivity index (χ1n) is 6.60. The van der Waals surface area contributed by atoms with Crippen molar-refractivity contribution in [3.63, 3.8) is 0 Å². The van der Waals surface area contributed by atoms with Crippen molar-refractivity contribution in [2.75, 3.05) is 5.32 Å². The molecule has 2 aromatic rings. The molecule has 5 heteroatoms. The lowest BCUT2D eigenvalue weighted by atomic mass is 10.1. The van der Waals surface area contributed by atoms with Gasteiger partial charge in [0, 0.05) is 16.0 Å². The summed E-state index contributed by atoms with van der Waals surface area (Å²) in [6, 6.07) is 5.59. The summed E-state index contributed by atoms with van der Waals surface area (Å²) in [4.78, 5) is 12.4. The molecule has 104 valence electrons. The van der Waals surface area contributed by atoms with Crippen LogP contribution in [0.5, 0.6) is 0 Å². The van der Waals surface area contributed by atoms with E-state index in [2.05, 4.69) is 26.4 Å². The molecule has 1 N–H and O–H groups in total. The Morgan fingerprint density at radius 1 is 1.40 bits per heavy atom. The lowest BCUT2D eigenvalue weighted by Gasteiger charge is -2.09. The molecule has 1 aromatic heterocycles. The molecule has 1 amide bonds. The first-order valence-corrected chi connectivity index (χ1v) is 7.40. The molecular formula is C15H15BrN2O2. The molecule has 1 aliphatic carbocycles. The van der Waals surface area contributed by atoms with Crippen LogP contribution in [0.2, 0.25) is 0 Å². The normalized spacial score (nSPS) is 14.3. The highest BCUT2D eigenvalue weighted by atomic mass is 79.9. The number of nitrogens with one attached hydrogen (secondary N) is 1. The van der Waals surface area contributed by atoms with Gasteiger partial charge in [0.15, 0.2) is 5.76 Å². The predicted octanol–water partition coefficient (Wildman–Crippen LogP) is 4.18. The minimum atomic E-state index is -0.128. The van der Waals surface area contributed by atoms with Crippen LogP contribution in [0.4, 0.5) is 5.69 Å². The number of nitrogens with zero attached hydrogens (tertiary/aromatic N) is 1. The lowest BCUT2D eigenvalue weighted by Crippen LogP contribution is -2.14. The van der Waals surface area contributed by atoms with Crippen molar-refractivity contribution in [3.8, 4) is 0 Å². The summed E-state index contributed by atoms with van der Waals surface area (Å²) in [6.07, 6.45) is 2.21. The van der Waals surface area contributed by atoms with Gasteiger partial charge >= 0.3 is 0 Å². The molecule has 3 rings (SSSR count). The fourth-order valence-corrected chi connectivity index (χ4v) is 2.56. The van der Waals surface area contributed by atoms with Crippen molar-refractivity contribution in [2.24, 2.45) is 0 Å². The van der Waals surface area contributed by atoms with E-state index in [1.54, 1.807) is 0 Å². The van der Waals surface area contributed by atoms with Crippen LogP contribution in [0, 0.1) is 13.8 Å². The number of carbonyl (C=O) groups excluding carboxylic acids is 1. The molecule has 0 aliphatic heterocycles. The number of hydrogen-bond acceptors (Lipinski definition) is 3. The van der Waals surface area contributed by atoms with Gasteiger partial charge in [-0.25, -0.2) is 0 Å². The highest BCUT2D eigenvalue weighted by Crippen LogP contribution is 2.44. The van der Waals surface area contributed by atoms with Gasteiger partial charge in [-0.15, -0.1) is 0 Å². The Morgan fingerprint density at radius 2 is 2.15 bits per heavy atom. The van der Waals surface area contributed by atoms with Crippen LogP contribution in [0.25, 0.3) is 0 Å². The van der Waals surface area contributed by atoms with Crippen LogP contribution >= 0.6 is 15.9 Å². The fourth-order valence-electron chi connectivity index (χ4n) is 2.20. The number of benzene rings is 1. The minimum absolute atomic E-state index is 0.128. The van der Waals surface area contributed by atoms with Gasteiger partial charge in [0.2, 0.25) is 0 Å². The quantitative estimate of drug-likeness (QED) is 0.915. The van der Waals surface area contributed by atoms with E-state index in [1.807, 2.05) is 32.0 Å². The smallest absolute Gasteiger partial charge is 0.256 e. The van der Waals surface area contributed by atoms with Crippen LogP contribution in [-0.2, 0) is 0 Å². The molecule has 4 nitrogen and oxygen atoms in total. The molecule has 0 atom stereocenters. The second kappa shape index (κ2) is 5.05. The van der Waals surface area contributed by atoms with E-state index in [0.717, 1.165) is 40.0 Å². The van der Waals surface area contributed by atoms with Crippen molar-refractivity contribution in [1.29, 1.82) is 0 Å². The van der Waals surface area contributed by atoms with E-state index in [4.69, 9.17) is 4.52 Å². The third-order valence-corrected chi connectivity index (χ3v) is 4.45. The van der Waals surface area contributed by atoms with E-state index in [0.29, 0.717) is 11.5 Å². The monoisotopic (exact) mass is 334 g/mol. The Kier molecular flexibility index (Phi) is 3.38. The molecule has 0 radical (unpaired) electrons. The number of halogens is 1. The molecule has 1 saturated carbocycles. The van der Waals surface area contributed by atoms with E-state index in [-0.39, 0.29) is 5.91 Å². The third-order valence-electron chi connectivity index (χ3n) is 3.59. The summed E-state index contributed by atoms with van der Waals surface area (Å²) >= 11 is 3.44. The van der Waals surface area contributed by atoms with E-state index in [9.17, 15) is 4.79 Å². The molecule has 0 bridgehead atoms. The van der Waals surface area contributed by atoms with Crippen LogP contribution in [-0.4, -0.2) is 11.1 Å². The van der Waals surface area contributed by atoms with Crippen molar-refractivity contribution in [3.05, 3.63) is 45.3 Å². The van der Waals surface area contributed by atoms with Gasteiger partial charge in [-0.1, -0.05) is 27.2 Å². The standard InChI is InChI=1S/C15H15BrN2O2/c1-8-11(4-3-5-12(8)16)15(19)17-13-9(2)18-20-14(13)10-6-7-10/h3-5,10H,6-7H2,1-2H3,(H,17,19). The van der Waals surface area contributed by atoms with Crippen molar-refractivity contribution in [2.45, 2.75) is 32.6 Å². The van der Waals surface area contributed by atoms with Crippen molar-refractivity contribution in [1.82, 2.24) is 5.16 Å². The zero-order chi connectivity index (χ0) is 14.3. The lowest BCUT2D eigenvalue weighted by molar-refractivity contribution is 0.102. The van der Waals surface area contributed by atoms with Gasteiger partial charge in [-0.05, 0) is 44.4 Å². The zero-order valence-electron chi connectivity index (χ0n) is 11.4. The number of aromatic nitrogens is 1. The van der Waals surface area contributed by atoms with Gasteiger partial charge in [-0.3, -0.25) is 4.79 Å².